The molecule has 1 aromatic rings. The monoisotopic (exact) mass is 222 g/mol. The lowest BCUT2D eigenvalue weighted by Crippen LogP contribution is -2.28. The van der Waals surface area contributed by atoms with Gasteiger partial charge in [-0.3, -0.25) is 0 Å². The molecule has 1 aromatic heterocycles. The molecule has 0 saturated carbocycles. The molecule has 0 amide bonds. The van der Waals surface area contributed by atoms with Crippen molar-refractivity contribution in [2.24, 2.45) is 11.8 Å². The second-order valence-electron chi connectivity index (χ2n) is 5.23. The number of rotatable bonds is 4. The van der Waals surface area contributed by atoms with E-state index < -0.39 is 0 Å². The summed E-state index contributed by atoms with van der Waals surface area (Å²) in [6.45, 7) is 6.69. The minimum atomic E-state index is 0.616. The largest absolute Gasteiger partial charge is 0.449 e. The molecule has 1 saturated heterocycles. The number of hydrogen-bond acceptors (Lipinski definition) is 3. The Kier molecular flexibility index (Phi) is 3.99. The van der Waals surface area contributed by atoms with Gasteiger partial charge in [0.1, 0.15) is 6.26 Å². The van der Waals surface area contributed by atoms with Crippen LogP contribution >= 0.6 is 0 Å². The lowest BCUT2D eigenvalue weighted by molar-refractivity contribution is 0.370. The molecule has 90 valence electrons. The molecule has 0 atom stereocenters. The van der Waals surface area contributed by atoms with Crippen LogP contribution < -0.4 is 5.32 Å². The van der Waals surface area contributed by atoms with E-state index in [9.17, 15) is 0 Å². The average molecular weight is 222 g/mol. The van der Waals surface area contributed by atoms with Gasteiger partial charge in [-0.25, -0.2) is 4.98 Å². The Morgan fingerprint density at radius 3 is 2.88 bits per heavy atom. The fourth-order valence-corrected chi connectivity index (χ4v) is 2.27. The predicted octanol–water partition coefficient (Wildman–Crippen LogP) is 2.42. The zero-order valence-electron chi connectivity index (χ0n) is 10.3. The normalized spacial score (nSPS) is 18.2. The van der Waals surface area contributed by atoms with Crippen molar-refractivity contribution < 1.29 is 4.42 Å². The highest BCUT2D eigenvalue weighted by Crippen LogP contribution is 2.18. The van der Waals surface area contributed by atoms with Crippen molar-refractivity contribution in [3.8, 4) is 0 Å². The van der Waals surface area contributed by atoms with Crippen LogP contribution in [0.1, 0.15) is 38.3 Å². The third-order valence-electron chi connectivity index (χ3n) is 3.14. The van der Waals surface area contributed by atoms with Gasteiger partial charge in [0.25, 0.3) is 0 Å². The van der Waals surface area contributed by atoms with Crippen molar-refractivity contribution in [1.29, 1.82) is 0 Å². The van der Waals surface area contributed by atoms with Crippen molar-refractivity contribution in [3.63, 3.8) is 0 Å². The van der Waals surface area contributed by atoms with Crippen LogP contribution in [0.4, 0.5) is 0 Å². The van der Waals surface area contributed by atoms with Gasteiger partial charge in [0.15, 0.2) is 5.89 Å². The summed E-state index contributed by atoms with van der Waals surface area (Å²) in [5.74, 6) is 2.31. The first-order valence-electron chi connectivity index (χ1n) is 6.38. The summed E-state index contributed by atoms with van der Waals surface area (Å²) >= 11 is 0. The smallest absolute Gasteiger partial charge is 0.194 e. The Bertz CT molecular complexity index is 313. The summed E-state index contributed by atoms with van der Waals surface area (Å²) in [5, 5.41) is 3.39. The number of piperidine rings is 1. The lowest BCUT2D eigenvalue weighted by atomic mass is 9.93. The first-order chi connectivity index (χ1) is 7.74. The minimum absolute atomic E-state index is 0.616. The summed E-state index contributed by atoms with van der Waals surface area (Å²) in [6, 6.07) is 0. The lowest BCUT2D eigenvalue weighted by Gasteiger charge is -2.21. The molecule has 1 aliphatic heterocycles. The maximum Gasteiger partial charge on any atom is 0.194 e. The Balaban J connectivity index is 1.86. The van der Waals surface area contributed by atoms with Crippen LogP contribution in [0.3, 0.4) is 0 Å². The molecule has 1 aliphatic rings. The second kappa shape index (κ2) is 5.48. The van der Waals surface area contributed by atoms with Crippen molar-refractivity contribution in [3.05, 3.63) is 17.8 Å². The van der Waals surface area contributed by atoms with Crippen LogP contribution in [0.5, 0.6) is 0 Å². The van der Waals surface area contributed by atoms with E-state index in [2.05, 4.69) is 24.1 Å². The molecule has 1 N–H and O–H groups in total. The fourth-order valence-electron chi connectivity index (χ4n) is 2.27. The Labute approximate surface area is 97.6 Å². The van der Waals surface area contributed by atoms with Crippen molar-refractivity contribution in [1.82, 2.24) is 10.3 Å². The van der Waals surface area contributed by atoms with E-state index in [0.717, 1.165) is 43.4 Å². The number of oxazole rings is 1. The highest BCUT2D eigenvalue weighted by Gasteiger charge is 2.15. The zero-order chi connectivity index (χ0) is 11.4. The predicted molar refractivity (Wildman–Crippen MR) is 64.3 cm³/mol. The number of nitrogens with one attached hydrogen (secondary N) is 1. The fraction of sp³-hybridized carbons (Fsp3) is 0.769. The molecule has 0 aliphatic carbocycles. The van der Waals surface area contributed by atoms with Crippen LogP contribution in [0.25, 0.3) is 0 Å². The molecule has 2 heterocycles. The van der Waals surface area contributed by atoms with Gasteiger partial charge < -0.3 is 9.73 Å². The summed E-state index contributed by atoms with van der Waals surface area (Å²) in [6.07, 6.45) is 6.42. The molecular formula is C13H22N2O. The Morgan fingerprint density at radius 1 is 1.44 bits per heavy atom. The maximum absolute atomic E-state index is 5.49. The topological polar surface area (TPSA) is 38.1 Å². The first-order valence-corrected chi connectivity index (χ1v) is 6.38. The van der Waals surface area contributed by atoms with Gasteiger partial charge in [0.2, 0.25) is 0 Å². The van der Waals surface area contributed by atoms with E-state index in [0.29, 0.717) is 5.92 Å². The molecule has 16 heavy (non-hydrogen) atoms. The van der Waals surface area contributed by atoms with Gasteiger partial charge in [-0.15, -0.1) is 0 Å². The Morgan fingerprint density at radius 2 is 2.19 bits per heavy atom. The van der Waals surface area contributed by atoms with E-state index >= 15 is 0 Å². The van der Waals surface area contributed by atoms with Gasteiger partial charge in [-0.1, -0.05) is 13.8 Å². The van der Waals surface area contributed by atoms with Gasteiger partial charge in [-0.2, -0.15) is 0 Å². The van der Waals surface area contributed by atoms with Gasteiger partial charge in [-0.05, 0) is 44.2 Å². The van der Waals surface area contributed by atoms with E-state index in [4.69, 9.17) is 4.42 Å². The van der Waals surface area contributed by atoms with Crippen LogP contribution in [-0.4, -0.2) is 18.1 Å². The molecule has 0 radical (unpaired) electrons. The number of nitrogens with zero attached hydrogens (tertiary/aromatic N) is 1. The molecule has 3 heteroatoms. The number of aromatic nitrogens is 1. The van der Waals surface area contributed by atoms with E-state index in [1.807, 2.05) is 6.26 Å². The summed E-state index contributed by atoms with van der Waals surface area (Å²) in [4.78, 5) is 4.56. The molecule has 3 nitrogen and oxygen atoms in total. The van der Waals surface area contributed by atoms with Gasteiger partial charge >= 0.3 is 0 Å². The van der Waals surface area contributed by atoms with Crippen LogP contribution in [0, 0.1) is 11.8 Å². The average Bonchev–Trinajstić information content (AvgIpc) is 2.66. The van der Waals surface area contributed by atoms with Crippen molar-refractivity contribution in [2.75, 3.05) is 13.1 Å². The molecule has 0 bridgehead atoms. The van der Waals surface area contributed by atoms with Crippen LogP contribution in [-0.2, 0) is 12.8 Å². The Hall–Kier alpha value is -0.830. The summed E-state index contributed by atoms with van der Waals surface area (Å²) in [5.41, 5.74) is 1.14. The van der Waals surface area contributed by atoms with Crippen LogP contribution in [0.2, 0.25) is 0 Å². The maximum atomic E-state index is 5.49. The van der Waals surface area contributed by atoms with Gasteiger partial charge in [0.05, 0.1) is 5.69 Å². The van der Waals surface area contributed by atoms with E-state index in [-0.39, 0.29) is 0 Å². The molecule has 1 fully saturated rings. The van der Waals surface area contributed by atoms with Crippen molar-refractivity contribution >= 4 is 0 Å². The quantitative estimate of drug-likeness (QED) is 0.850. The molecule has 0 aromatic carbocycles. The first kappa shape index (κ1) is 11.6. The molecule has 0 spiro atoms. The summed E-state index contributed by atoms with van der Waals surface area (Å²) in [7, 11) is 0. The molecular weight excluding hydrogens is 200 g/mol. The SMILES string of the molecule is CC(C)Cc1nc(CC2CCNCC2)co1. The summed E-state index contributed by atoms with van der Waals surface area (Å²) < 4.78 is 5.49. The van der Waals surface area contributed by atoms with E-state index in [1.54, 1.807) is 0 Å². The third-order valence-corrected chi connectivity index (χ3v) is 3.14. The highest BCUT2D eigenvalue weighted by molar-refractivity contribution is 4.99. The van der Waals surface area contributed by atoms with Crippen molar-refractivity contribution in [2.45, 2.75) is 39.5 Å². The molecule has 2 rings (SSSR count). The number of hydrogen-bond donors (Lipinski definition) is 1. The van der Waals surface area contributed by atoms with Gasteiger partial charge in [0, 0.05) is 6.42 Å². The molecule has 0 unspecified atom stereocenters. The van der Waals surface area contributed by atoms with Crippen LogP contribution in [0.15, 0.2) is 10.7 Å². The second-order valence-corrected chi connectivity index (χ2v) is 5.23. The standard InChI is InChI=1S/C13H22N2O/c1-10(2)7-13-15-12(9-16-13)8-11-3-5-14-6-4-11/h9-11,14H,3-8H2,1-2H3. The zero-order valence-corrected chi connectivity index (χ0v) is 10.3. The highest BCUT2D eigenvalue weighted by atomic mass is 16.3. The third kappa shape index (κ3) is 3.34. The van der Waals surface area contributed by atoms with E-state index in [1.165, 1.54) is 12.8 Å². The minimum Gasteiger partial charge on any atom is -0.449 e.